The lowest BCUT2D eigenvalue weighted by atomic mass is 10.1. The van der Waals surface area contributed by atoms with Crippen LogP contribution in [-0.2, 0) is 0 Å². The van der Waals surface area contributed by atoms with Gasteiger partial charge in [-0.25, -0.2) is 0 Å². The fourth-order valence-electron chi connectivity index (χ4n) is 3.34. The van der Waals surface area contributed by atoms with Gasteiger partial charge in [0.05, 0.1) is 13.7 Å². The van der Waals surface area contributed by atoms with Crippen molar-refractivity contribution in [2.45, 2.75) is 6.42 Å². The number of benzene rings is 2. The van der Waals surface area contributed by atoms with E-state index in [1.165, 1.54) is 12.1 Å². The first-order valence-electron chi connectivity index (χ1n) is 9.80. The molecule has 2 aromatic rings. The third-order valence-electron chi connectivity index (χ3n) is 4.91. The Balaban J connectivity index is 1.33. The Morgan fingerprint density at radius 2 is 1.82 bits per heavy atom. The monoisotopic (exact) mass is 382 g/mol. The van der Waals surface area contributed by atoms with Crippen molar-refractivity contribution < 1.29 is 9.47 Å². The normalized spacial score (nSPS) is 16.7. The maximum Gasteiger partial charge on any atom is 0.191 e. The first-order valence-corrected chi connectivity index (χ1v) is 9.80. The number of anilines is 1. The number of ether oxygens (including phenoxy) is 2. The minimum absolute atomic E-state index is 0.568. The predicted molar refractivity (Wildman–Crippen MR) is 115 cm³/mol. The maximum atomic E-state index is 5.73. The average Bonchev–Trinajstić information content (AvgIpc) is 3.23. The lowest BCUT2D eigenvalue weighted by molar-refractivity contribution is 0.321. The van der Waals surface area contributed by atoms with Gasteiger partial charge in [0, 0.05) is 32.4 Å². The molecular formula is C22H30N4O2. The molecule has 6 heteroatoms. The van der Waals surface area contributed by atoms with E-state index in [9.17, 15) is 0 Å². The lowest BCUT2D eigenvalue weighted by Gasteiger charge is -2.19. The molecule has 0 bridgehead atoms. The van der Waals surface area contributed by atoms with Crippen LogP contribution in [0.1, 0.15) is 6.42 Å². The van der Waals surface area contributed by atoms with Crippen LogP contribution < -0.4 is 25.0 Å². The van der Waals surface area contributed by atoms with Crippen molar-refractivity contribution in [2.24, 2.45) is 10.9 Å². The van der Waals surface area contributed by atoms with Gasteiger partial charge in [-0.2, -0.15) is 0 Å². The van der Waals surface area contributed by atoms with Crippen LogP contribution in [0.15, 0.2) is 59.6 Å². The Kier molecular flexibility index (Phi) is 7.41. The molecule has 1 atom stereocenters. The summed E-state index contributed by atoms with van der Waals surface area (Å²) in [5.41, 5.74) is 1.31. The zero-order valence-corrected chi connectivity index (χ0v) is 16.7. The first kappa shape index (κ1) is 19.9. The third kappa shape index (κ3) is 5.81. The summed E-state index contributed by atoms with van der Waals surface area (Å²) >= 11 is 0. The number of para-hydroxylation sites is 1. The second kappa shape index (κ2) is 10.4. The molecule has 1 aliphatic rings. The van der Waals surface area contributed by atoms with Crippen molar-refractivity contribution in [3.05, 3.63) is 54.6 Å². The fraction of sp³-hybridized carbons (Fsp3) is 0.409. The van der Waals surface area contributed by atoms with Crippen LogP contribution in [0.25, 0.3) is 0 Å². The van der Waals surface area contributed by atoms with Crippen molar-refractivity contribution in [1.29, 1.82) is 0 Å². The quantitative estimate of drug-likeness (QED) is 0.418. The highest BCUT2D eigenvalue weighted by atomic mass is 16.5. The Morgan fingerprint density at radius 1 is 1.07 bits per heavy atom. The maximum absolute atomic E-state index is 5.73. The van der Waals surface area contributed by atoms with Crippen LogP contribution in [-0.4, -0.2) is 52.9 Å². The molecule has 2 N–H and O–H groups in total. The van der Waals surface area contributed by atoms with Crippen molar-refractivity contribution in [3.8, 4) is 11.5 Å². The molecule has 150 valence electrons. The molecule has 0 amide bonds. The van der Waals surface area contributed by atoms with Crippen LogP contribution >= 0.6 is 0 Å². The molecule has 0 aromatic heterocycles. The minimum atomic E-state index is 0.568. The smallest absolute Gasteiger partial charge is 0.191 e. The standard InChI is InChI=1S/C22H30N4O2/c1-23-22(24-13-15-28-21-10-8-20(27-2)9-11-21)25-16-18-12-14-26(17-18)19-6-4-3-5-7-19/h3-11,18H,12-17H2,1-2H3,(H2,23,24,25). The number of nitrogens with zero attached hydrogens (tertiary/aromatic N) is 2. The van der Waals surface area contributed by atoms with Crippen molar-refractivity contribution in [3.63, 3.8) is 0 Å². The molecule has 1 heterocycles. The Hall–Kier alpha value is -2.89. The predicted octanol–water partition coefficient (Wildman–Crippen LogP) is 2.77. The zero-order chi connectivity index (χ0) is 19.6. The molecule has 6 nitrogen and oxygen atoms in total. The minimum Gasteiger partial charge on any atom is -0.497 e. The number of hydrogen-bond donors (Lipinski definition) is 2. The molecule has 0 spiro atoms. The van der Waals surface area contributed by atoms with E-state index in [1.807, 2.05) is 24.3 Å². The second-order valence-electron chi connectivity index (χ2n) is 6.84. The number of hydrogen-bond acceptors (Lipinski definition) is 4. The van der Waals surface area contributed by atoms with Gasteiger partial charge < -0.3 is 25.0 Å². The topological polar surface area (TPSA) is 58.1 Å². The molecule has 1 saturated heterocycles. The molecule has 1 fully saturated rings. The van der Waals surface area contributed by atoms with E-state index in [0.29, 0.717) is 19.1 Å². The highest BCUT2D eigenvalue weighted by Gasteiger charge is 2.22. The Morgan fingerprint density at radius 3 is 2.54 bits per heavy atom. The Labute approximate surface area is 167 Å². The molecular weight excluding hydrogens is 352 g/mol. The number of nitrogens with one attached hydrogen (secondary N) is 2. The van der Waals surface area contributed by atoms with Crippen LogP contribution in [0.4, 0.5) is 5.69 Å². The van der Waals surface area contributed by atoms with Gasteiger partial charge in [-0.1, -0.05) is 18.2 Å². The van der Waals surface area contributed by atoms with Crippen molar-refractivity contribution >= 4 is 11.6 Å². The van der Waals surface area contributed by atoms with Crippen LogP contribution in [0.2, 0.25) is 0 Å². The van der Waals surface area contributed by atoms with Crippen molar-refractivity contribution in [1.82, 2.24) is 10.6 Å². The molecule has 0 aliphatic carbocycles. The second-order valence-corrected chi connectivity index (χ2v) is 6.84. The van der Waals surface area contributed by atoms with Gasteiger partial charge in [-0.05, 0) is 48.7 Å². The van der Waals surface area contributed by atoms with E-state index in [1.54, 1.807) is 14.2 Å². The molecule has 3 rings (SSSR count). The van der Waals surface area contributed by atoms with Crippen LogP contribution in [0, 0.1) is 5.92 Å². The summed E-state index contributed by atoms with van der Waals surface area (Å²) in [4.78, 5) is 6.75. The molecule has 1 aliphatic heterocycles. The van der Waals surface area contributed by atoms with Gasteiger partial charge in [-0.15, -0.1) is 0 Å². The van der Waals surface area contributed by atoms with Gasteiger partial charge in [0.15, 0.2) is 5.96 Å². The van der Waals surface area contributed by atoms with E-state index in [4.69, 9.17) is 9.47 Å². The molecule has 2 aromatic carbocycles. The van der Waals surface area contributed by atoms with E-state index in [0.717, 1.165) is 37.1 Å². The molecule has 28 heavy (non-hydrogen) atoms. The largest absolute Gasteiger partial charge is 0.497 e. The highest BCUT2D eigenvalue weighted by Crippen LogP contribution is 2.22. The Bertz CT molecular complexity index is 734. The first-order chi connectivity index (χ1) is 13.8. The average molecular weight is 383 g/mol. The molecule has 0 saturated carbocycles. The van der Waals surface area contributed by atoms with E-state index >= 15 is 0 Å². The summed E-state index contributed by atoms with van der Waals surface area (Å²) in [5, 5.41) is 6.74. The SMILES string of the molecule is CN=C(NCCOc1ccc(OC)cc1)NCC1CCN(c2ccccc2)C1. The summed E-state index contributed by atoms with van der Waals surface area (Å²) in [6.07, 6.45) is 1.19. The number of guanidine groups is 1. The summed E-state index contributed by atoms with van der Waals surface area (Å²) in [7, 11) is 3.45. The van der Waals surface area contributed by atoms with Gasteiger partial charge in [-0.3, -0.25) is 4.99 Å². The van der Waals surface area contributed by atoms with Gasteiger partial charge in [0.2, 0.25) is 0 Å². The zero-order valence-electron chi connectivity index (χ0n) is 16.7. The number of aliphatic imine (C=N–C) groups is 1. The van der Waals surface area contributed by atoms with Crippen molar-refractivity contribution in [2.75, 3.05) is 51.8 Å². The third-order valence-corrected chi connectivity index (χ3v) is 4.91. The fourth-order valence-corrected chi connectivity index (χ4v) is 3.34. The van der Waals surface area contributed by atoms with Crippen LogP contribution in [0.3, 0.4) is 0 Å². The lowest BCUT2D eigenvalue weighted by Crippen LogP contribution is -2.41. The summed E-state index contributed by atoms with van der Waals surface area (Å²) in [5.74, 6) is 3.09. The molecule has 1 unspecified atom stereocenters. The van der Waals surface area contributed by atoms with E-state index < -0.39 is 0 Å². The summed E-state index contributed by atoms with van der Waals surface area (Å²) < 4.78 is 10.9. The van der Waals surface area contributed by atoms with Crippen LogP contribution in [0.5, 0.6) is 11.5 Å². The van der Waals surface area contributed by atoms with Gasteiger partial charge >= 0.3 is 0 Å². The highest BCUT2D eigenvalue weighted by molar-refractivity contribution is 5.79. The summed E-state index contributed by atoms with van der Waals surface area (Å²) in [6.45, 7) is 4.36. The number of methoxy groups -OCH3 is 1. The van der Waals surface area contributed by atoms with Gasteiger partial charge in [0.1, 0.15) is 18.1 Å². The number of rotatable bonds is 8. The summed E-state index contributed by atoms with van der Waals surface area (Å²) in [6, 6.07) is 18.2. The van der Waals surface area contributed by atoms with E-state index in [-0.39, 0.29) is 0 Å². The van der Waals surface area contributed by atoms with Gasteiger partial charge in [0.25, 0.3) is 0 Å². The molecule has 0 radical (unpaired) electrons. The van der Waals surface area contributed by atoms with E-state index in [2.05, 4.69) is 50.9 Å².